The summed E-state index contributed by atoms with van der Waals surface area (Å²) in [7, 11) is 0. The van der Waals surface area contributed by atoms with E-state index >= 15 is 0 Å². The summed E-state index contributed by atoms with van der Waals surface area (Å²) in [5.41, 5.74) is 9.38. The molecule has 0 aliphatic carbocycles. The maximum atomic E-state index is 5.77. The van der Waals surface area contributed by atoms with Gasteiger partial charge in [-0.1, -0.05) is 22.0 Å². The van der Waals surface area contributed by atoms with Crippen LogP contribution in [-0.2, 0) is 6.42 Å². The Bertz CT molecular complexity index is 534. The molecule has 0 bridgehead atoms. The molecule has 4 heteroatoms. The first-order valence-electron chi connectivity index (χ1n) is 6.03. The first-order valence-corrected chi connectivity index (χ1v) is 7.70. The number of aryl methyl sites for hydroxylation is 2. The zero-order valence-corrected chi connectivity index (χ0v) is 13.0. The van der Waals surface area contributed by atoms with Gasteiger partial charge in [-0.3, -0.25) is 0 Å². The van der Waals surface area contributed by atoms with Crippen LogP contribution in [0.2, 0.25) is 0 Å². The van der Waals surface area contributed by atoms with Crippen molar-refractivity contribution in [3.63, 3.8) is 0 Å². The fraction of sp³-hybridized carbons (Fsp3) is 0.357. The number of hydrogen-bond donors (Lipinski definition) is 1. The lowest BCUT2D eigenvalue weighted by Gasteiger charge is -2.03. The van der Waals surface area contributed by atoms with Crippen molar-refractivity contribution in [3.05, 3.63) is 39.3 Å². The van der Waals surface area contributed by atoms with Crippen LogP contribution in [0.15, 0.2) is 28.1 Å². The monoisotopic (exact) mass is 324 g/mol. The van der Waals surface area contributed by atoms with E-state index in [1.807, 2.05) is 6.92 Å². The second-order valence-electron chi connectivity index (χ2n) is 4.62. The highest BCUT2D eigenvalue weighted by Gasteiger charge is 2.08. The van der Waals surface area contributed by atoms with Crippen LogP contribution in [-0.4, -0.2) is 11.0 Å². The molecule has 1 aromatic carbocycles. The SMILES string of the molecule is Cc1ccc(Br)cc1-c1nc(CCC(C)N)cs1. The molecule has 1 aromatic heterocycles. The smallest absolute Gasteiger partial charge is 0.123 e. The van der Waals surface area contributed by atoms with Crippen LogP contribution in [0.5, 0.6) is 0 Å². The fourth-order valence-corrected chi connectivity index (χ4v) is 3.04. The minimum Gasteiger partial charge on any atom is -0.328 e. The lowest BCUT2D eigenvalue weighted by atomic mass is 10.1. The van der Waals surface area contributed by atoms with E-state index in [-0.39, 0.29) is 6.04 Å². The number of benzene rings is 1. The Labute approximate surface area is 120 Å². The molecule has 0 saturated carbocycles. The molecule has 96 valence electrons. The summed E-state index contributed by atoms with van der Waals surface area (Å²) in [4.78, 5) is 4.70. The first kappa shape index (κ1) is 13.7. The van der Waals surface area contributed by atoms with Crippen LogP contribution >= 0.6 is 27.3 Å². The van der Waals surface area contributed by atoms with E-state index in [4.69, 9.17) is 10.7 Å². The minimum absolute atomic E-state index is 0.239. The minimum atomic E-state index is 0.239. The van der Waals surface area contributed by atoms with E-state index in [0.29, 0.717) is 0 Å². The molecule has 1 heterocycles. The highest BCUT2D eigenvalue weighted by atomic mass is 79.9. The normalized spacial score (nSPS) is 12.7. The van der Waals surface area contributed by atoms with Crippen molar-refractivity contribution in [3.8, 4) is 10.6 Å². The van der Waals surface area contributed by atoms with Crippen molar-refractivity contribution in [2.75, 3.05) is 0 Å². The van der Waals surface area contributed by atoms with Crippen molar-refractivity contribution in [1.29, 1.82) is 0 Å². The molecule has 0 saturated heterocycles. The number of aromatic nitrogens is 1. The van der Waals surface area contributed by atoms with Gasteiger partial charge in [0.25, 0.3) is 0 Å². The fourth-order valence-electron chi connectivity index (χ4n) is 1.75. The van der Waals surface area contributed by atoms with Crippen molar-refractivity contribution in [2.24, 2.45) is 5.73 Å². The standard InChI is InChI=1S/C14H17BrN2S/c1-9-3-5-11(15)7-13(9)14-17-12(8-18-14)6-4-10(2)16/h3,5,7-8,10H,4,6,16H2,1-2H3. The lowest BCUT2D eigenvalue weighted by molar-refractivity contribution is 0.660. The van der Waals surface area contributed by atoms with E-state index < -0.39 is 0 Å². The molecule has 1 unspecified atom stereocenters. The van der Waals surface area contributed by atoms with Gasteiger partial charge in [-0.2, -0.15) is 0 Å². The summed E-state index contributed by atoms with van der Waals surface area (Å²) >= 11 is 5.21. The lowest BCUT2D eigenvalue weighted by Crippen LogP contribution is -2.15. The van der Waals surface area contributed by atoms with Crippen molar-refractivity contribution in [1.82, 2.24) is 4.98 Å². The summed E-state index contributed by atoms with van der Waals surface area (Å²) in [5, 5.41) is 3.23. The first-order chi connectivity index (χ1) is 8.56. The number of halogens is 1. The van der Waals surface area contributed by atoms with E-state index in [1.165, 1.54) is 11.1 Å². The van der Waals surface area contributed by atoms with E-state index in [1.54, 1.807) is 11.3 Å². The molecular weight excluding hydrogens is 308 g/mol. The van der Waals surface area contributed by atoms with Crippen LogP contribution in [0, 0.1) is 6.92 Å². The summed E-state index contributed by atoms with van der Waals surface area (Å²) in [6.45, 7) is 4.15. The van der Waals surface area contributed by atoms with Gasteiger partial charge in [0.2, 0.25) is 0 Å². The van der Waals surface area contributed by atoms with Crippen molar-refractivity contribution >= 4 is 27.3 Å². The molecule has 1 atom stereocenters. The molecule has 0 aliphatic heterocycles. The third-order valence-corrected chi connectivity index (χ3v) is 4.26. The van der Waals surface area contributed by atoms with Crippen LogP contribution in [0.25, 0.3) is 10.6 Å². The molecule has 18 heavy (non-hydrogen) atoms. The number of thiazole rings is 1. The maximum absolute atomic E-state index is 5.77. The molecule has 0 radical (unpaired) electrons. The summed E-state index contributed by atoms with van der Waals surface area (Å²) in [6, 6.07) is 6.54. The second kappa shape index (κ2) is 5.95. The highest BCUT2D eigenvalue weighted by molar-refractivity contribution is 9.10. The van der Waals surface area contributed by atoms with Gasteiger partial charge in [0.05, 0.1) is 5.69 Å². The molecule has 2 N–H and O–H groups in total. The highest BCUT2D eigenvalue weighted by Crippen LogP contribution is 2.29. The molecule has 2 aromatic rings. The number of nitrogens with zero attached hydrogens (tertiary/aromatic N) is 1. The van der Waals surface area contributed by atoms with Crippen LogP contribution < -0.4 is 5.73 Å². The Morgan fingerprint density at radius 3 is 2.94 bits per heavy atom. The Balaban J connectivity index is 2.21. The Morgan fingerprint density at radius 2 is 2.22 bits per heavy atom. The Kier molecular flexibility index (Phi) is 4.54. The van der Waals surface area contributed by atoms with Gasteiger partial charge >= 0.3 is 0 Å². The average molecular weight is 325 g/mol. The van der Waals surface area contributed by atoms with Gasteiger partial charge in [0.1, 0.15) is 5.01 Å². The zero-order chi connectivity index (χ0) is 13.1. The maximum Gasteiger partial charge on any atom is 0.123 e. The molecule has 0 amide bonds. The van der Waals surface area contributed by atoms with E-state index in [0.717, 1.165) is 28.0 Å². The van der Waals surface area contributed by atoms with Gasteiger partial charge in [-0.25, -0.2) is 4.98 Å². The number of hydrogen-bond acceptors (Lipinski definition) is 3. The number of rotatable bonds is 4. The predicted molar refractivity (Wildman–Crippen MR) is 82.0 cm³/mol. The molecule has 0 fully saturated rings. The average Bonchev–Trinajstić information content (AvgIpc) is 2.78. The zero-order valence-electron chi connectivity index (χ0n) is 10.6. The third-order valence-electron chi connectivity index (χ3n) is 2.84. The summed E-state index contributed by atoms with van der Waals surface area (Å²) < 4.78 is 1.09. The number of nitrogens with two attached hydrogens (primary N) is 1. The van der Waals surface area contributed by atoms with E-state index in [2.05, 4.69) is 46.4 Å². The van der Waals surface area contributed by atoms with Gasteiger partial charge < -0.3 is 5.73 Å². The molecule has 0 aliphatic rings. The van der Waals surface area contributed by atoms with Crippen LogP contribution in [0.3, 0.4) is 0 Å². The van der Waals surface area contributed by atoms with Crippen LogP contribution in [0.4, 0.5) is 0 Å². The molecular formula is C14H17BrN2S. The van der Waals surface area contributed by atoms with Crippen molar-refractivity contribution in [2.45, 2.75) is 32.7 Å². The van der Waals surface area contributed by atoms with Gasteiger partial charge in [-0.05, 0) is 44.4 Å². The second-order valence-corrected chi connectivity index (χ2v) is 6.39. The third kappa shape index (κ3) is 3.40. The summed E-state index contributed by atoms with van der Waals surface area (Å²) in [6.07, 6.45) is 1.95. The van der Waals surface area contributed by atoms with E-state index in [9.17, 15) is 0 Å². The molecule has 2 nitrogen and oxygen atoms in total. The van der Waals surface area contributed by atoms with Crippen LogP contribution in [0.1, 0.15) is 24.6 Å². The largest absolute Gasteiger partial charge is 0.328 e. The topological polar surface area (TPSA) is 38.9 Å². The quantitative estimate of drug-likeness (QED) is 0.917. The van der Waals surface area contributed by atoms with Gasteiger partial charge in [0, 0.05) is 21.5 Å². The van der Waals surface area contributed by atoms with Gasteiger partial charge in [0.15, 0.2) is 0 Å². The molecule has 0 spiro atoms. The summed E-state index contributed by atoms with van der Waals surface area (Å²) in [5.74, 6) is 0. The Morgan fingerprint density at radius 1 is 1.44 bits per heavy atom. The predicted octanol–water partition coefficient (Wildman–Crippen LogP) is 4.16. The van der Waals surface area contributed by atoms with Crippen molar-refractivity contribution < 1.29 is 0 Å². The molecule has 2 rings (SSSR count). The Hall–Kier alpha value is -0.710. The van der Waals surface area contributed by atoms with Gasteiger partial charge in [-0.15, -0.1) is 11.3 Å².